The first-order valence-electron chi connectivity index (χ1n) is 17.4. The molecule has 0 aliphatic heterocycles. The Balaban J connectivity index is 1.13. The van der Waals surface area contributed by atoms with Gasteiger partial charge in [0.15, 0.2) is 17.5 Å². The van der Waals surface area contributed by atoms with Crippen molar-refractivity contribution in [1.82, 2.24) is 15.0 Å². The van der Waals surface area contributed by atoms with Crippen molar-refractivity contribution in [2.24, 2.45) is 0 Å². The molecule has 0 saturated carbocycles. The zero-order chi connectivity index (χ0) is 34.4. The van der Waals surface area contributed by atoms with E-state index in [9.17, 15) is 0 Å². The lowest BCUT2D eigenvalue weighted by atomic mass is 9.82. The van der Waals surface area contributed by atoms with Gasteiger partial charge in [0.1, 0.15) is 0 Å². The molecule has 7 aromatic carbocycles. The number of fused-ring (bicyclic) bond motifs is 3. The van der Waals surface area contributed by atoms with Crippen molar-refractivity contribution in [3.63, 3.8) is 0 Å². The highest BCUT2D eigenvalue weighted by Gasteiger charge is 2.35. The minimum absolute atomic E-state index is 0.0252. The molecule has 0 radical (unpaired) electrons. The number of rotatable bonds is 6. The smallest absolute Gasteiger partial charge is 0.164 e. The zero-order valence-electron chi connectivity index (χ0n) is 28.6. The van der Waals surface area contributed by atoms with Crippen molar-refractivity contribution in [2.75, 3.05) is 0 Å². The van der Waals surface area contributed by atoms with E-state index >= 15 is 0 Å². The van der Waals surface area contributed by atoms with Gasteiger partial charge in [0.25, 0.3) is 0 Å². The van der Waals surface area contributed by atoms with Crippen molar-refractivity contribution in [3.8, 4) is 78.7 Å². The zero-order valence-corrected chi connectivity index (χ0v) is 28.6. The van der Waals surface area contributed by atoms with Crippen LogP contribution in [0.15, 0.2) is 176 Å². The lowest BCUT2D eigenvalue weighted by molar-refractivity contribution is 0.660. The molecule has 1 heterocycles. The first-order valence-corrected chi connectivity index (χ1v) is 17.4. The Hall–Kier alpha value is -6.45. The Kier molecular flexibility index (Phi) is 7.48. The van der Waals surface area contributed by atoms with Gasteiger partial charge in [-0.3, -0.25) is 0 Å². The predicted octanol–water partition coefficient (Wildman–Crippen LogP) is 12.2. The average Bonchev–Trinajstić information content (AvgIpc) is 3.44. The first-order chi connectivity index (χ1) is 25.0. The number of hydrogen-bond donors (Lipinski definition) is 0. The van der Waals surface area contributed by atoms with Gasteiger partial charge in [-0.1, -0.05) is 178 Å². The minimum Gasteiger partial charge on any atom is -0.208 e. The summed E-state index contributed by atoms with van der Waals surface area (Å²) in [6, 6.07) is 62.0. The van der Waals surface area contributed by atoms with E-state index in [4.69, 9.17) is 15.0 Å². The molecular formula is C48H35N3. The number of aromatic nitrogens is 3. The fraction of sp³-hybridized carbons (Fsp3) is 0.0625. The fourth-order valence-electron chi connectivity index (χ4n) is 7.39. The third-order valence-electron chi connectivity index (χ3n) is 10.2. The summed E-state index contributed by atoms with van der Waals surface area (Å²) in [6.45, 7) is 4.64. The van der Waals surface area contributed by atoms with E-state index in [1.165, 1.54) is 38.9 Å². The molecule has 1 aromatic heterocycles. The third kappa shape index (κ3) is 5.63. The van der Waals surface area contributed by atoms with Crippen LogP contribution in [-0.2, 0) is 5.41 Å². The molecule has 3 nitrogen and oxygen atoms in total. The second-order valence-corrected chi connectivity index (χ2v) is 13.7. The third-order valence-corrected chi connectivity index (χ3v) is 10.2. The van der Waals surface area contributed by atoms with Gasteiger partial charge in [0.05, 0.1) is 0 Å². The highest BCUT2D eigenvalue weighted by Crippen LogP contribution is 2.49. The topological polar surface area (TPSA) is 38.7 Å². The molecule has 51 heavy (non-hydrogen) atoms. The minimum atomic E-state index is -0.0252. The van der Waals surface area contributed by atoms with Crippen LogP contribution in [0.25, 0.3) is 78.7 Å². The van der Waals surface area contributed by atoms with E-state index in [-0.39, 0.29) is 5.41 Å². The predicted molar refractivity (Wildman–Crippen MR) is 210 cm³/mol. The highest BCUT2D eigenvalue weighted by molar-refractivity contribution is 5.85. The summed E-state index contributed by atoms with van der Waals surface area (Å²) in [7, 11) is 0. The largest absolute Gasteiger partial charge is 0.208 e. The Labute approximate surface area is 299 Å². The molecular weight excluding hydrogens is 619 g/mol. The maximum atomic E-state index is 5.09. The van der Waals surface area contributed by atoms with Gasteiger partial charge in [0.2, 0.25) is 0 Å². The van der Waals surface area contributed by atoms with Crippen LogP contribution in [0.3, 0.4) is 0 Å². The van der Waals surface area contributed by atoms with Crippen LogP contribution < -0.4 is 0 Å². The van der Waals surface area contributed by atoms with Crippen molar-refractivity contribution in [3.05, 3.63) is 187 Å². The lowest BCUT2D eigenvalue weighted by Gasteiger charge is -2.21. The van der Waals surface area contributed by atoms with E-state index in [2.05, 4.69) is 178 Å². The Bertz CT molecular complexity index is 2420. The molecule has 0 amide bonds. The molecule has 3 heteroatoms. The van der Waals surface area contributed by atoms with Crippen LogP contribution >= 0.6 is 0 Å². The van der Waals surface area contributed by atoms with Crippen LogP contribution in [0.4, 0.5) is 0 Å². The van der Waals surface area contributed by atoms with Crippen LogP contribution in [0.1, 0.15) is 25.0 Å². The maximum Gasteiger partial charge on any atom is 0.164 e. The van der Waals surface area contributed by atoms with Crippen LogP contribution in [-0.4, -0.2) is 15.0 Å². The van der Waals surface area contributed by atoms with E-state index < -0.39 is 0 Å². The molecule has 8 aromatic rings. The molecule has 1 aliphatic rings. The van der Waals surface area contributed by atoms with Gasteiger partial charge in [0, 0.05) is 22.1 Å². The summed E-state index contributed by atoms with van der Waals surface area (Å²) in [6.07, 6.45) is 0. The summed E-state index contributed by atoms with van der Waals surface area (Å²) >= 11 is 0. The van der Waals surface area contributed by atoms with Crippen molar-refractivity contribution < 1.29 is 0 Å². The summed E-state index contributed by atoms with van der Waals surface area (Å²) in [5, 5.41) is 0. The standard InChI is InChI=1S/C48H35N3/c1-48(2)43-19-10-9-18-41(43)42-31-39(28-29-44(42)48)38-16-11-17-40(30-38)47-50-45(36-24-20-34(21-25-36)32-12-5-3-6-13-32)49-46(51-47)37-26-22-35(23-27-37)33-14-7-4-8-15-33/h3-31H,1-2H3. The summed E-state index contributed by atoms with van der Waals surface area (Å²) in [4.78, 5) is 15.2. The van der Waals surface area contributed by atoms with Crippen LogP contribution in [0, 0.1) is 0 Å². The van der Waals surface area contributed by atoms with Gasteiger partial charge in [-0.05, 0) is 67.8 Å². The Morgan fingerprint density at radius 2 is 0.686 bits per heavy atom. The SMILES string of the molecule is CC1(C)c2ccccc2-c2cc(-c3cccc(-c4nc(-c5ccc(-c6ccccc6)cc5)nc(-c5ccc(-c6ccccc6)cc5)n4)c3)ccc21. The van der Waals surface area contributed by atoms with E-state index in [1.807, 2.05) is 12.1 Å². The molecule has 242 valence electrons. The van der Waals surface area contributed by atoms with Crippen LogP contribution in [0.5, 0.6) is 0 Å². The fourth-order valence-corrected chi connectivity index (χ4v) is 7.39. The second-order valence-electron chi connectivity index (χ2n) is 13.7. The maximum absolute atomic E-state index is 5.09. The second kappa shape index (κ2) is 12.5. The molecule has 0 saturated heterocycles. The van der Waals surface area contributed by atoms with Crippen molar-refractivity contribution in [1.29, 1.82) is 0 Å². The van der Waals surface area contributed by atoms with Gasteiger partial charge in [-0.25, -0.2) is 15.0 Å². The van der Waals surface area contributed by atoms with Gasteiger partial charge in [-0.2, -0.15) is 0 Å². The molecule has 0 unspecified atom stereocenters. The molecule has 1 aliphatic carbocycles. The van der Waals surface area contributed by atoms with E-state index in [0.29, 0.717) is 17.5 Å². The van der Waals surface area contributed by atoms with Gasteiger partial charge >= 0.3 is 0 Å². The molecule has 0 fully saturated rings. The van der Waals surface area contributed by atoms with Crippen LogP contribution in [0.2, 0.25) is 0 Å². The molecule has 0 atom stereocenters. The van der Waals surface area contributed by atoms with Gasteiger partial charge in [-0.15, -0.1) is 0 Å². The summed E-state index contributed by atoms with van der Waals surface area (Å²) in [5.74, 6) is 1.93. The molecule has 0 spiro atoms. The molecule has 0 bridgehead atoms. The Morgan fingerprint density at radius 1 is 0.294 bits per heavy atom. The van der Waals surface area contributed by atoms with E-state index in [0.717, 1.165) is 33.4 Å². The summed E-state index contributed by atoms with van der Waals surface area (Å²) < 4.78 is 0. The van der Waals surface area contributed by atoms with Crippen molar-refractivity contribution in [2.45, 2.75) is 19.3 Å². The number of hydrogen-bond acceptors (Lipinski definition) is 3. The van der Waals surface area contributed by atoms with E-state index in [1.54, 1.807) is 0 Å². The average molecular weight is 654 g/mol. The summed E-state index contributed by atoms with van der Waals surface area (Å²) in [5.41, 5.74) is 15.1. The molecule has 0 N–H and O–H groups in total. The lowest BCUT2D eigenvalue weighted by Crippen LogP contribution is -2.14. The highest BCUT2D eigenvalue weighted by atomic mass is 15.0. The number of benzene rings is 7. The quantitative estimate of drug-likeness (QED) is 0.179. The van der Waals surface area contributed by atoms with Gasteiger partial charge < -0.3 is 0 Å². The Morgan fingerprint density at radius 3 is 1.27 bits per heavy atom. The number of nitrogens with zero attached hydrogens (tertiary/aromatic N) is 3. The van der Waals surface area contributed by atoms with Crippen molar-refractivity contribution >= 4 is 0 Å². The molecule has 9 rings (SSSR count). The first kappa shape index (κ1) is 30.6. The normalized spacial score (nSPS) is 12.7. The monoisotopic (exact) mass is 653 g/mol.